The van der Waals surface area contributed by atoms with Crippen LogP contribution in [0.3, 0.4) is 0 Å². The van der Waals surface area contributed by atoms with Gasteiger partial charge in [-0.1, -0.05) is 19.8 Å². The first kappa shape index (κ1) is 22.4. The minimum Gasteiger partial charge on any atom is -0.493 e. The highest BCUT2D eigenvalue weighted by molar-refractivity contribution is 6.13. The Morgan fingerprint density at radius 1 is 1.12 bits per heavy atom. The van der Waals surface area contributed by atoms with Crippen LogP contribution >= 0.6 is 0 Å². The van der Waals surface area contributed by atoms with E-state index in [1.165, 1.54) is 6.42 Å². The number of nitrogens with zero attached hydrogens (tertiary/aromatic N) is 2. The number of hydrogen-bond donors (Lipinski definition) is 1. The molecule has 8 heteroatoms. The van der Waals surface area contributed by atoms with Gasteiger partial charge in [0, 0.05) is 29.9 Å². The van der Waals surface area contributed by atoms with Crippen molar-refractivity contribution in [2.75, 3.05) is 19.1 Å². The molecule has 1 aromatic carbocycles. The Hall–Kier alpha value is -3.42. The van der Waals surface area contributed by atoms with Crippen molar-refractivity contribution in [3.05, 3.63) is 42.3 Å². The molecule has 0 bridgehead atoms. The van der Waals surface area contributed by atoms with Crippen LogP contribution in [0.1, 0.15) is 50.0 Å². The van der Waals surface area contributed by atoms with Crippen molar-refractivity contribution < 1.29 is 23.5 Å². The lowest BCUT2D eigenvalue weighted by Gasteiger charge is -2.45. The van der Waals surface area contributed by atoms with E-state index in [0.717, 1.165) is 24.8 Å². The van der Waals surface area contributed by atoms with E-state index in [0.29, 0.717) is 40.9 Å². The number of amides is 2. The fourth-order valence-electron chi connectivity index (χ4n) is 5.44. The van der Waals surface area contributed by atoms with E-state index in [1.54, 1.807) is 49.6 Å². The van der Waals surface area contributed by atoms with E-state index in [9.17, 15) is 9.59 Å². The molecule has 0 unspecified atom stereocenters. The highest BCUT2D eigenvalue weighted by Gasteiger charge is 2.49. The van der Waals surface area contributed by atoms with Gasteiger partial charge in [0.05, 0.1) is 32.5 Å². The van der Waals surface area contributed by atoms with Crippen LogP contribution in [0.2, 0.25) is 0 Å². The second-order valence-corrected chi connectivity index (χ2v) is 9.58. The quantitative estimate of drug-likeness (QED) is 0.605. The lowest BCUT2D eigenvalue weighted by molar-refractivity contribution is -0.127. The van der Waals surface area contributed by atoms with Gasteiger partial charge in [-0.25, -0.2) is 0 Å². The zero-order valence-corrected chi connectivity index (χ0v) is 20.1. The summed E-state index contributed by atoms with van der Waals surface area (Å²) in [6, 6.07) is 8.96. The molecule has 1 N–H and O–H groups in total. The standard InChI is InChI=1S/C26H31N3O5/c1-16-7-5-6-8-18(16)27-25(31)26(2)15-28-19-11-12-34-22(19)14-20(28)24(30)29(26)17-9-10-21(32-3)23(13-17)33-4/h9-14,16,18H,5-8,15H2,1-4H3,(H,27,31)/t16-,18+,26-/m1/s1. The number of methoxy groups -OCH3 is 2. The number of carbonyl (C=O) groups is 2. The molecule has 1 saturated carbocycles. The molecule has 0 saturated heterocycles. The number of rotatable bonds is 5. The van der Waals surface area contributed by atoms with Crippen molar-refractivity contribution in [3.63, 3.8) is 0 Å². The minimum absolute atomic E-state index is 0.0976. The molecule has 3 atom stereocenters. The Labute approximate surface area is 198 Å². The molecule has 3 aromatic rings. The monoisotopic (exact) mass is 465 g/mol. The number of carbonyl (C=O) groups excluding carboxylic acids is 2. The largest absolute Gasteiger partial charge is 0.493 e. The number of benzene rings is 1. The zero-order valence-electron chi connectivity index (χ0n) is 20.1. The first-order valence-electron chi connectivity index (χ1n) is 11.8. The summed E-state index contributed by atoms with van der Waals surface area (Å²) in [4.78, 5) is 29.5. The normalized spacial score (nSPS) is 24.7. The number of hydrogen-bond acceptors (Lipinski definition) is 5. The van der Waals surface area contributed by atoms with Crippen LogP contribution in [0.4, 0.5) is 5.69 Å². The lowest BCUT2D eigenvalue weighted by atomic mass is 9.84. The van der Waals surface area contributed by atoms with Crippen LogP contribution in [0.15, 0.2) is 41.0 Å². The van der Waals surface area contributed by atoms with E-state index in [-0.39, 0.29) is 17.9 Å². The Bertz CT molecular complexity index is 1240. The van der Waals surface area contributed by atoms with Gasteiger partial charge in [-0.3, -0.25) is 14.5 Å². The maximum absolute atomic E-state index is 13.9. The van der Waals surface area contributed by atoms with Crippen LogP contribution in [-0.4, -0.2) is 42.2 Å². The van der Waals surface area contributed by atoms with Crippen LogP contribution in [0.25, 0.3) is 11.1 Å². The molecule has 3 heterocycles. The van der Waals surface area contributed by atoms with Gasteiger partial charge in [-0.05, 0) is 37.8 Å². The second kappa shape index (κ2) is 8.42. The summed E-state index contributed by atoms with van der Waals surface area (Å²) >= 11 is 0. The number of fused-ring (bicyclic) bond motifs is 3. The minimum atomic E-state index is -1.16. The molecule has 0 radical (unpaired) electrons. The van der Waals surface area contributed by atoms with E-state index < -0.39 is 5.54 Å². The lowest BCUT2D eigenvalue weighted by Crippen LogP contribution is -2.65. The highest BCUT2D eigenvalue weighted by Crippen LogP contribution is 2.40. The van der Waals surface area contributed by atoms with Gasteiger partial charge < -0.3 is 23.8 Å². The van der Waals surface area contributed by atoms with E-state index in [4.69, 9.17) is 13.9 Å². The smallest absolute Gasteiger partial charge is 0.276 e. The number of furan rings is 1. The summed E-state index contributed by atoms with van der Waals surface area (Å²) in [5, 5.41) is 3.29. The van der Waals surface area contributed by atoms with Gasteiger partial charge in [0.2, 0.25) is 5.91 Å². The van der Waals surface area contributed by atoms with Crippen LogP contribution < -0.4 is 19.7 Å². The number of nitrogens with one attached hydrogen (secondary N) is 1. The molecule has 34 heavy (non-hydrogen) atoms. The summed E-state index contributed by atoms with van der Waals surface area (Å²) < 4.78 is 18.3. The molecule has 2 aliphatic rings. The van der Waals surface area contributed by atoms with Crippen LogP contribution in [-0.2, 0) is 11.3 Å². The maximum atomic E-state index is 13.9. The first-order valence-corrected chi connectivity index (χ1v) is 11.8. The average molecular weight is 466 g/mol. The molecule has 1 fully saturated rings. The number of anilines is 1. The Morgan fingerprint density at radius 2 is 1.88 bits per heavy atom. The Morgan fingerprint density at radius 3 is 2.62 bits per heavy atom. The fourth-order valence-corrected chi connectivity index (χ4v) is 5.44. The number of aromatic nitrogens is 1. The predicted octanol–water partition coefficient (Wildman–Crippen LogP) is 4.37. The summed E-state index contributed by atoms with van der Waals surface area (Å²) in [5.41, 5.74) is 1.33. The summed E-state index contributed by atoms with van der Waals surface area (Å²) in [5.74, 6) is 1.02. The summed E-state index contributed by atoms with van der Waals surface area (Å²) in [6.45, 7) is 4.32. The molecule has 5 rings (SSSR count). The summed E-state index contributed by atoms with van der Waals surface area (Å²) in [7, 11) is 3.11. The third-order valence-electron chi connectivity index (χ3n) is 7.45. The van der Waals surface area contributed by atoms with Gasteiger partial charge >= 0.3 is 0 Å². The van der Waals surface area contributed by atoms with Gasteiger partial charge in [0.1, 0.15) is 11.2 Å². The van der Waals surface area contributed by atoms with Crippen molar-refractivity contribution in [1.29, 1.82) is 0 Å². The van der Waals surface area contributed by atoms with Crippen molar-refractivity contribution in [2.45, 2.75) is 57.7 Å². The summed E-state index contributed by atoms with van der Waals surface area (Å²) in [6.07, 6.45) is 5.93. The van der Waals surface area contributed by atoms with Gasteiger partial charge in [0.25, 0.3) is 5.91 Å². The molecule has 180 valence electrons. The van der Waals surface area contributed by atoms with Crippen LogP contribution in [0, 0.1) is 5.92 Å². The van der Waals surface area contributed by atoms with E-state index in [2.05, 4.69) is 12.2 Å². The third kappa shape index (κ3) is 3.43. The molecule has 2 aromatic heterocycles. The van der Waals surface area contributed by atoms with Gasteiger partial charge in [-0.2, -0.15) is 0 Å². The maximum Gasteiger partial charge on any atom is 0.276 e. The highest BCUT2D eigenvalue weighted by atomic mass is 16.5. The third-order valence-corrected chi connectivity index (χ3v) is 7.45. The molecule has 0 spiro atoms. The fraction of sp³-hybridized carbons (Fsp3) is 0.462. The molecule has 1 aliphatic carbocycles. The molecular weight excluding hydrogens is 434 g/mol. The predicted molar refractivity (Wildman–Crippen MR) is 129 cm³/mol. The van der Waals surface area contributed by atoms with Gasteiger partial charge in [-0.15, -0.1) is 0 Å². The first-order chi connectivity index (χ1) is 16.4. The molecule has 2 amide bonds. The molecular formula is C26H31N3O5. The van der Waals surface area contributed by atoms with E-state index in [1.807, 2.05) is 17.6 Å². The number of ether oxygens (including phenoxy) is 2. The second-order valence-electron chi connectivity index (χ2n) is 9.58. The van der Waals surface area contributed by atoms with Gasteiger partial charge in [0.15, 0.2) is 17.1 Å². The van der Waals surface area contributed by atoms with Crippen molar-refractivity contribution in [1.82, 2.24) is 9.88 Å². The van der Waals surface area contributed by atoms with E-state index >= 15 is 0 Å². The average Bonchev–Trinajstić information content (AvgIpc) is 3.43. The van der Waals surface area contributed by atoms with Crippen molar-refractivity contribution in [3.8, 4) is 11.5 Å². The molecule has 8 nitrogen and oxygen atoms in total. The van der Waals surface area contributed by atoms with Crippen molar-refractivity contribution >= 4 is 28.6 Å². The van der Waals surface area contributed by atoms with Crippen molar-refractivity contribution in [2.24, 2.45) is 5.92 Å². The molecule has 1 aliphatic heterocycles. The zero-order chi connectivity index (χ0) is 24.0. The topological polar surface area (TPSA) is 85.9 Å². The Kier molecular flexibility index (Phi) is 5.54. The Balaban J connectivity index is 1.61. The van der Waals surface area contributed by atoms with Crippen LogP contribution in [0.5, 0.6) is 11.5 Å². The SMILES string of the molecule is COc1ccc(N2C(=O)c3cc4occc4n3C[C@]2(C)C(=O)N[C@H]2CCCC[C@H]2C)cc1OC.